The first-order valence-corrected chi connectivity index (χ1v) is 12.3. The highest BCUT2D eigenvalue weighted by molar-refractivity contribution is 7.89. The quantitative estimate of drug-likeness (QED) is 0.504. The minimum Gasteiger partial charge on any atom is -0.390 e. The maximum atomic E-state index is 12.3. The molecule has 1 heterocycles. The molecule has 0 saturated carbocycles. The van der Waals surface area contributed by atoms with Crippen molar-refractivity contribution in [2.24, 2.45) is 11.7 Å². The summed E-state index contributed by atoms with van der Waals surface area (Å²) in [5.74, 6) is -0.345. The van der Waals surface area contributed by atoms with Gasteiger partial charge in [-0.25, -0.2) is 4.21 Å². The van der Waals surface area contributed by atoms with Gasteiger partial charge in [-0.3, -0.25) is 9.10 Å². The molecule has 0 aliphatic heterocycles. The number of aliphatic hydroxyl groups is 1. The third-order valence-electron chi connectivity index (χ3n) is 6.95. The van der Waals surface area contributed by atoms with E-state index in [0.717, 1.165) is 51.8 Å². The normalized spacial score (nSPS) is 16.9. The summed E-state index contributed by atoms with van der Waals surface area (Å²) in [7, 11) is 0.447. The molecular formula is C26H31N3O3S. The fourth-order valence-corrected chi connectivity index (χ4v) is 5.65. The molecule has 4 N–H and O–H groups in total. The van der Waals surface area contributed by atoms with Gasteiger partial charge in [-0.1, -0.05) is 24.8 Å². The second-order valence-electron chi connectivity index (χ2n) is 9.34. The Morgan fingerprint density at radius 3 is 2.67 bits per heavy atom. The smallest absolute Gasteiger partial charge is 0.250 e. The molecule has 1 aromatic heterocycles. The molecule has 0 radical (unpaired) electrons. The van der Waals surface area contributed by atoms with Crippen molar-refractivity contribution < 1.29 is 14.1 Å². The molecular weight excluding hydrogens is 434 g/mol. The molecule has 1 amide bonds. The number of aromatic amines is 1. The van der Waals surface area contributed by atoms with Crippen LogP contribution in [-0.2, 0) is 23.8 Å². The van der Waals surface area contributed by atoms with Crippen LogP contribution in [0.4, 0.5) is 5.69 Å². The third-order valence-corrected chi connectivity index (χ3v) is 7.97. The van der Waals surface area contributed by atoms with Crippen LogP contribution in [-0.4, -0.2) is 32.9 Å². The first-order valence-electron chi connectivity index (χ1n) is 11.1. The monoisotopic (exact) mass is 465 g/mol. The Kier molecular flexibility index (Phi) is 5.97. The van der Waals surface area contributed by atoms with Gasteiger partial charge in [0.2, 0.25) is 0 Å². The average Bonchev–Trinajstić information content (AvgIpc) is 3.16. The van der Waals surface area contributed by atoms with E-state index >= 15 is 0 Å². The Morgan fingerprint density at radius 2 is 2.03 bits per heavy atom. The van der Waals surface area contributed by atoms with Crippen LogP contribution in [0.25, 0.3) is 22.0 Å². The number of amides is 1. The van der Waals surface area contributed by atoms with E-state index < -0.39 is 22.5 Å². The number of anilines is 1. The van der Waals surface area contributed by atoms with Crippen molar-refractivity contribution in [1.29, 1.82) is 0 Å². The summed E-state index contributed by atoms with van der Waals surface area (Å²) >= 11 is 0. The topological polar surface area (TPSA) is 99.4 Å². The van der Waals surface area contributed by atoms with Gasteiger partial charge in [0.15, 0.2) is 0 Å². The fraction of sp³-hybridized carbons (Fsp3) is 0.346. The molecule has 4 rings (SSSR count). The Hall–Kier alpha value is -2.90. The lowest BCUT2D eigenvalue weighted by atomic mass is 9.77. The lowest BCUT2D eigenvalue weighted by molar-refractivity contribution is 0.0107. The van der Waals surface area contributed by atoms with Crippen molar-refractivity contribution in [3.8, 4) is 11.1 Å². The molecule has 174 valence electrons. The number of aryl methyl sites for hydroxylation is 1. The molecule has 3 aromatic rings. The molecule has 2 aromatic carbocycles. The Balaban J connectivity index is 1.95. The SMILES string of the molecule is C=CS(=O)N(C)c1cccc(-c2ccc(C(N)=O)c3[nH]c4c(c23)CCC(C(C)(C)O)C4)c1C. The van der Waals surface area contributed by atoms with Gasteiger partial charge >= 0.3 is 0 Å². The van der Waals surface area contributed by atoms with Gasteiger partial charge < -0.3 is 15.8 Å². The number of H-pyrrole nitrogens is 1. The van der Waals surface area contributed by atoms with Crippen LogP contribution >= 0.6 is 0 Å². The zero-order chi connectivity index (χ0) is 24.1. The second kappa shape index (κ2) is 8.47. The van der Waals surface area contributed by atoms with Gasteiger partial charge in [-0.05, 0) is 80.3 Å². The Bertz CT molecular complexity index is 1290. The lowest BCUT2D eigenvalue weighted by Gasteiger charge is -2.32. The molecule has 7 heteroatoms. The van der Waals surface area contributed by atoms with E-state index in [1.54, 1.807) is 17.4 Å². The minimum atomic E-state index is -1.34. The van der Waals surface area contributed by atoms with Crippen molar-refractivity contribution in [3.63, 3.8) is 0 Å². The van der Waals surface area contributed by atoms with E-state index in [-0.39, 0.29) is 5.92 Å². The van der Waals surface area contributed by atoms with E-state index in [4.69, 9.17) is 5.73 Å². The Labute approximate surface area is 197 Å². The van der Waals surface area contributed by atoms with Crippen molar-refractivity contribution in [1.82, 2.24) is 4.98 Å². The zero-order valence-corrected chi connectivity index (χ0v) is 20.4. The first kappa shape index (κ1) is 23.3. The molecule has 2 atom stereocenters. The number of benzene rings is 2. The number of aromatic nitrogens is 1. The number of nitrogens with zero attached hydrogens (tertiary/aromatic N) is 1. The highest BCUT2D eigenvalue weighted by Crippen LogP contribution is 2.42. The summed E-state index contributed by atoms with van der Waals surface area (Å²) in [6, 6.07) is 9.66. The predicted molar refractivity (Wildman–Crippen MR) is 136 cm³/mol. The summed E-state index contributed by atoms with van der Waals surface area (Å²) < 4.78 is 14.0. The highest BCUT2D eigenvalue weighted by atomic mass is 32.2. The predicted octanol–water partition coefficient (Wildman–Crippen LogP) is 4.36. The summed E-state index contributed by atoms with van der Waals surface area (Å²) in [5.41, 5.74) is 12.2. The number of rotatable bonds is 6. The van der Waals surface area contributed by atoms with Crippen LogP contribution in [0.1, 0.15) is 47.4 Å². The van der Waals surface area contributed by atoms with E-state index in [2.05, 4.69) is 11.6 Å². The van der Waals surface area contributed by atoms with E-state index in [1.165, 1.54) is 11.0 Å². The number of carbonyl (C=O) groups is 1. The summed E-state index contributed by atoms with van der Waals surface area (Å²) in [6.45, 7) is 9.36. The molecule has 6 nitrogen and oxygen atoms in total. The Morgan fingerprint density at radius 1 is 1.30 bits per heavy atom. The molecule has 0 fully saturated rings. The van der Waals surface area contributed by atoms with Crippen molar-refractivity contribution in [3.05, 3.63) is 64.7 Å². The molecule has 1 aliphatic rings. The summed E-state index contributed by atoms with van der Waals surface area (Å²) in [5, 5.41) is 13.0. The number of carbonyl (C=O) groups excluding carboxylic acids is 1. The maximum Gasteiger partial charge on any atom is 0.250 e. The van der Waals surface area contributed by atoms with Gasteiger partial charge in [0.25, 0.3) is 5.91 Å². The van der Waals surface area contributed by atoms with Crippen LogP contribution in [0.2, 0.25) is 0 Å². The van der Waals surface area contributed by atoms with Crippen LogP contribution in [0.3, 0.4) is 0 Å². The van der Waals surface area contributed by atoms with Crippen LogP contribution in [0.15, 0.2) is 42.3 Å². The molecule has 33 heavy (non-hydrogen) atoms. The van der Waals surface area contributed by atoms with Crippen molar-refractivity contribution in [2.75, 3.05) is 11.4 Å². The van der Waals surface area contributed by atoms with Crippen molar-refractivity contribution >= 4 is 33.5 Å². The van der Waals surface area contributed by atoms with Crippen LogP contribution in [0, 0.1) is 12.8 Å². The van der Waals surface area contributed by atoms with Gasteiger partial charge in [0.05, 0.1) is 22.4 Å². The highest BCUT2D eigenvalue weighted by Gasteiger charge is 2.33. The van der Waals surface area contributed by atoms with Gasteiger partial charge in [0.1, 0.15) is 11.0 Å². The van der Waals surface area contributed by atoms with E-state index in [1.807, 2.05) is 45.0 Å². The van der Waals surface area contributed by atoms with Crippen LogP contribution < -0.4 is 10.0 Å². The van der Waals surface area contributed by atoms with Gasteiger partial charge in [0, 0.05) is 23.5 Å². The molecule has 0 spiro atoms. The standard InChI is InChI=1S/C26H31N3O3S/c1-6-33(32)29(5)22-9-7-8-17(15(22)2)18-12-13-20(25(27)30)24-23(18)19-11-10-16(26(3,4)31)14-21(19)28-24/h6-9,12-13,16,28,31H,1,10-11,14H2,2-5H3,(H2,27,30). The first-order chi connectivity index (χ1) is 15.5. The number of nitrogens with two attached hydrogens (primary N) is 1. The third kappa shape index (κ3) is 4.00. The van der Waals surface area contributed by atoms with Crippen molar-refractivity contribution in [2.45, 2.75) is 45.6 Å². The summed E-state index contributed by atoms with van der Waals surface area (Å²) in [6.07, 6.45) is 2.38. The lowest BCUT2D eigenvalue weighted by Crippen LogP contribution is -2.34. The minimum absolute atomic E-state index is 0.131. The average molecular weight is 466 g/mol. The molecule has 1 aliphatic carbocycles. The van der Waals surface area contributed by atoms with Gasteiger partial charge in [-0.2, -0.15) is 0 Å². The summed E-state index contributed by atoms with van der Waals surface area (Å²) in [4.78, 5) is 15.7. The molecule has 2 unspecified atom stereocenters. The van der Waals surface area contributed by atoms with E-state index in [0.29, 0.717) is 12.0 Å². The maximum absolute atomic E-state index is 12.3. The number of hydrogen-bond acceptors (Lipinski definition) is 3. The second-order valence-corrected chi connectivity index (χ2v) is 10.8. The van der Waals surface area contributed by atoms with E-state index in [9.17, 15) is 14.1 Å². The number of fused-ring (bicyclic) bond motifs is 3. The zero-order valence-electron chi connectivity index (χ0n) is 19.6. The number of nitrogens with one attached hydrogen (secondary N) is 1. The van der Waals surface area contributed by atoms with Crippen LogP contribution in [0.5, 0.6) is 0 Å². The van der Waals surface area contributed by atoms with Gasteiger partial charge in [-0.15, -0.1) is 0 Å². The molecule has 0 saturated heterocycles. The largest absolute Gasteiger partial charge is 0.390 e. The fourth-order valence-electron chi connectivity index (χ4n) is 5.04. The number of hydrogen-bond donors (Lipinski definition) is 3. The number of primary amides is 1. The molecule has 0 bridgehead atoms.